The molecule has 0 spiro atoms. The molecule has 2 aromatic heterocycles. The van der Waals surface area contributed by atoms with Crippen molar-refractivity contribution in [1.82, 2.24) is 40.4 Å². The Hall–Kier alpha value is -7.22. The summed E-state index contributed by atoms with van der Waals surface area (Å²) >= 11 is 0. The SMILES string of the molecule is O=C(N[C@@H](C(=O)N1CCC[C@H]1c1ncc(-c2ccc(-c3ccc(-c4cnc([C@@H]5CCCN5C(=O)[C@H](NC(=O)OC5CC5)c5ccccc5)[nH]4)cc3)cc2)[nH]1)c1ccccc1)OC1CC1. The normalized spacial score (nSPS) is 19.2. The summed E-state index contributed by atoms with van der Waals surface area (Å²) in [6, 6.07) is 32.9. The first kappa shape index (κ1) is 40.8. The van der Waals surface area contributed by atoms with E-state index in [9.17, 15) is 19.2 Å². The van der Waals surface area contributed by atoms with Crippen LogP contribution in [0.1, 0.15) is 98.3 Å². The van der Waals surface area contributed by atoms with Gasteiger partial charge in [-0.15, -0.1) is 0 Å². The van der Waals surface area contributed by atoms with Crippen molar-refractivity contribution < 1.29 is 28.7 Å². The minimum absolute atomic E-state index is 0.0729. The van der Waals surface area contributed by atoms with Crippen molar-refractivity contribution in [2.24, 2.45) is 0 Å². The van der Waals surface area contributed by atoms with Gasteiger partial charge >= 0.3 is 12.2 Å². The molecule has 4 aliphatic rings. The van der Waals surface area contributed by atoms with Crippen molar-refractivity contribution in [1.29, 1.82) is 0 Å². The zero-order valence-electron chi connectivity index (χ0n) is 35.3. The molecule has 4 atom stereocenters. The van der Waals surface area contributed by atoms with E-state index in [-0.39, 0.29) is 36.1 Å². The Kier molecular flexibility index (Phi) is 11.4. The topological polar surface area (TPSA) is 175 Å². The molecular formula is C50H50N8O6. The number of hydrogen-bond donors (Lipinski definition) is 4. The molecule has 64 heavy (non-hydrogen) atoms. The number of alkyl carbamates (subject to hydrolysis) is 2. The maximum absolute atomic E-state index is 14.1. The van der Waals surface area contributed by atoms with Crippen LogP contribution < -0.4 is 10.6 Å². The number of H-pyrrole nitrogens is 2. The number of carbonyl (C=O) groups is 4. The molecule has 4 aromatic carbocycles. The third kappa shape index (κ3) is 8.99. The molecule has 4 fully saturated rings. The number of aromatic amines is 2. The average Bonchev–Trinajstić information content (AvgIpc) is 3.96. The number of benzene rings is 4. The summed E-state index contributed by atoms with van der Waals surface area (Å²) in [5.41, 5.74) is 7.14. The summed E-state index contributed by atoms with van der Waals surface area (Å²) < 4.78 is 10.9. The first-order valence-corrected chi connectivity index (χ1v) is 22.3. The molecule has 4 amide bonds. The van der Waals surface area contributed by atoms with Crippen LogP contribution in [0.5, 0.6) is 0 Å². The third-order valence-corrected chi connectivity index (χ3v) is 12.5. The highest BCUT2D eigenvalue weighted by atomic mass is 16.6. The molecule has 14 heteroatoms. The van der Waals surface area contributed by atoms with Crippen LogP contribution in [0.15, 0.2) is 122 Å². The van der Waals surface area contributed by atoms with Gasteiger partial charge in [-0.1, -0.05) is 109 Å². The fraction of sp³-hybridized carbons (Fsp3) is 0.320. The molecule has 4 heterocycles. The monoisotopic (exact) mass is 858 g/mol. The number of aromatic nitrogens is 4. The zero-order chi connectivity index (χ0) is 43.6. The van der Waals surface area contributed by atoms with Crippen LogP contribution in [0.2, 0.25) is 0 Å². The number of nitrogens with zero attached hydrogens (tertiary/aromatic N) is 4. The number of likely N-dealkylation sites (tertiary alicyclic amines) is 2. The van der Waals surface area contributed by atoms with Gasteiger partial charge in [0, 0.05) is 13.1 Å². The molecule has 10 rings (SSSR count). The summed E-state index contributed by atoms with van der Waals surface area (Å²) in [7, 11) is 0. The first-order valence-electron chi connectivity index (χ1n) is 22.3. The number of carbonyl (C=O) groups excluding carboxylic acids is 4. The van der Waals surface area contributed by atoms with E-state index in [2.05, 4.69) is 69.1 Å². The van der Waals surface area contributed by atoms with Crippen molar-refractivity contribution >= 4 is 24.0 Å². The largest absolute Gasteiger partial charge is 0.446 e. The molecule has 2 aliphatic heterocycles. The van der Waals surface area contributed by atoms with Crippen LogP contribution in [0, 0.1) is 0 Å². The summed E-state index contributed by atoms with van der Waals surface area (Å²) in [5, 5.41) is 5.67. The van der Waals surface area contributed by atoms with E-state index >= 15 is 0 Å². The maximum atomic E-state index is 14.1. The molecule has 0 bridgehead atoms. The van der Waals surface area contributed by atoms with Crippen LogP contribution in [0.25, 0.3) is 33.6 Å². The fourth-order valence-electron chi connectivity index (χ4n) is 8.80. The molecule has 2 saturated carbocycles. The minimum Gasteiger partial charge on any atom is -0.446 e. The van der Waals surface area contributed by atoms with Gasteiger partial charge in [-0.2, -0.15) is 0 Å². The molecule has 326 valence electrons. The maximum Gasteiger partial charge on any atom is 0.408 e. The van der Waals surface area contributed by atoms with Crippen molar-refractivity contribution in [3.8, 4) is 33.6 Å². The van der Waals surface area contributed by atoms with Gasteiger partial charge in [0.05, 0.1) is 35.9 Å². The summed E-state index contributed by atoms with van der Waals surface area (Å²) in [6.07, 6.45) is 8.88. The lowest BCUT2D eigenvalue weighted by molar-refractivity contribution is -0.135. The number of ether oxygens (including phenoxy) is 2. The van der Waals surface area contributed by atoms with Crippen LogP contribution in [-0.2, 0) is 19.1 Å². The standard InChI is InChI=1S/C50H50N8O6/c59-47(43(35-9-3-1-4-10-35)55-49(61)63-37-23-24-37)57-27-7-13-41(57)45-51-29-39(53-45)33-19-15-31(16-20-33)32-17-21-34(22-18-32)40-30-52-46(54-40)42-14-8-28-58(42)48(60)44(36-11-5-2-6-12-36)56-50(62)64-38-25-26-38/h1-6,9-12,15-22,29-30,37-38,41-44H,7-8,13-14,23-28H2,(H,51,53)(H,52,54)(H,55,61)(H,56,62)/t41-,42-,43+,44+/m0/s1. The molecule has 2 saturated heterocycles. The minimum atomic E-state index is -0.866. The Balaban J connectivity index is 0.790. The molecular weight excluding hydrogens is 809 g/mol. The fourth-order valence-corrected chi connectivity index (χ4v) is 8.80. The van der Waals surface area contributed by atoms with Crippen molar-refractivity contribution in [3.63, 3.8) is 0 Å². The Bertz CT molecular complexity index is 2420. The highest BCUT2D eigenvalue weighted by Crippen LogP contribution is 2.37. The Morgan fingerprint density at radius 3 is 1.27 bits per heavy atom. The van der Waals surface area contributed by atoms with Gasteiger partial charge in [0.25, 0.3) is 11.8 Å². The lowest BCUT2D eigenvalue weighted by Gasteiger charge is -2.28. The van der Waals surface area contributed by atoms with E-state index < -0.39 is 24.3 Å². The zero-order valence-corrected chi connectivity index (χ0v) is 35.3. The van der Waals surface area contributed by atoms with E-state index in [1.807, 2.05) is 82.9 Å². The Labute approximate surface area is 370 Å². The van der Waals surface area contributed by atoms with Crippen molar-refractivity contribution in [2.75, 3.05) is 13.1 Å². The second-order valence-corrected chi connectivity index (χ2v) is 17.1. The predicted octanol–water partition coefficient (Wildman–Crippen LogP) is 8.72. The third-order valence-electron chi connectivity index (χ3n) is 12.5. The van der Waals surface area contributed by atoms with Gasteiger partial charge in [0.1, 0.15) is 35.9 Å². The van der Waals surface area contributed by atoms with Crippen molar-refractivity contribution in [2.45, 2.75) is 87.7 Å². The average molecular weight is 859 g/mol. The van der Waals surface area contributed by atoms with E-state index in [1.54, 1.807) is 0 Å². The van der Waals surface area contributed by atoms with Crippen LogP contribution in [0.3, 0.4) is 0 Å². The van der Waals surface area contributed by atoms with Gasteiger partial charge in [0.2, 0.25) is 0 Å². The van der Waals surface area contributed by atoms with E-state index in [4.69, 9.17) is 19.4 Å². The van der Waals surface area contributed by atoms with Gasteiger partial charge in [-0.05, 0) is 84.7 Å². The smallest absolute Gasteiger partial charge is 0.408 e. The number of rotatable bonds is 13. The van der Waals surface area contributed by atoms with E-state index in [1.165, 1.54) is 0 Å². The van der Waals surface area contributed by atoms with E-state index in [0.717, 1.165) is 85.0 Å². The summed E-state index contributed by atoms with van der Waals surface area (Å²) in [6.45, 7) is 1.12. The van der Waals surface area contributed by atoms with Crippen LogP contribution >= 0.6 is 0 Å². The number of nitrogens with one attached hydrogen (secondary N) is 4. The number of amides is 4. The van der Waals surface area contributed by atoms with Gasteiger partial charge in [0.15, 0.2) is 0 Å². The lowest BCUT2D eigenvalue weighted by atomic mass is 10.0. The quantitative estimate of drug-likeness (QED) is 0.0892. The first-order chi connectivity index (χ1) is 31.3. The molecule has 0 radical (unpaired) electrons. The summed E-state index contributed by atoms with van der Waals surface area (Å²) in [4.78, 5) is 73.7. The highest BCUT2D eigenvalue weighted by Gasteiger charge is 2.39. The highest BCUT2D eigenvalue weighted by molar-refractivity contribution is 5.88. The Morgan fingerprint density at radius 1 is 0.516 bits per heavy atom. The molecule has 0 unspecified atom stereocenters. The number of hydrogen-bond acceptors (Lipinski definition) is 8. The Morgan fingerprint density at radius 2 is 0.891 bits per heavy atom. The van der Waals surface area contributed by atoms with Gasteiger partial charge in [-0.25, -0.2) is 19.6 Å². The van der Waals surface area contributed by atoms with Crippen molar-refractivity contribution in [3.05, 3.63) is 144 Å². The molecule has 2 aliphatic carbocycles. The lowest BCUT2D eigenvalue weighted by Crippen LogP contribution is -2.43. The number of imidazole rings is 2. The predicted molar refractivity (Wildman–Crippen MR) is 238 cm³/mol. The van der Waals surface area contributed by atoms with Crippen LogP contribution in [0.4, 0.5) is 9.59 Å². The van der Waals surface area contributed by atoms with E-state index in [0.29, 0.717) is 35.9 Å². The van der Waals surface area contributed by atoms with Crippen LogP contribution in [-0.4, -0.2) is 79.0 Å². The molecule has 6 aromatic rings. The van der Waals surface area contributed by atoms with Gasteiger partial charge in [-0.3, -0.25) is 9.59 Å². The second kappa shape index (κ2) is 17.9. The molecule has 14 nitrogen and oxygen atoms in total. The summed E-state index contributed by atoms with van der Waals surface area (Å²) in [5.74, 6) is 1.04. The second-order valence-electron chi connectivity index (χ2n) is 17.1. The van der Waals surface area contributed by atoms with Gasteiger partial charge < -0.3 is 39.9 Å². The molecule has 4 N–H and O–H groups in total.